The highest BCUT2D eigenvalue weighted by Crippen LogP contribution is 2.28. The first-order chi connectivity index (χ1) is 13.1. The Balaban J connectivity index is 1.70. The van der Waals surface area contributed by atoms with E-state index in [2.05, 4.69) is 62.7 Å². The molecule has 1 aliphatic rings. The summed E-state index contributed by atoms with van der Waals surface area (Å²) in [5.41, 5.74) is 3.11. The number of anilines is 4. The molecule has 0 atom stereocenters. The van der Waals surface area contributed by atoms with Crippen LogP contribution in [0.4, 0.5) is 23.1 Å². The van der Waals surface area contributed by atoms with Gasteiger partial charge in [-0.15, -0.1) is 0 Å². The third kappa shape index (κ3) is 5.80. The average molecular weight is 371 g/mol. The Labute approximate surface area is 161 Å². The van der Waals surface area contributed by atoms with E-state index >= 15 is 0 Å². The van der Waals surface area contributed by atoms with E-state index in [9.17, 15) is 0 Å². The Morgan fingerprint density at radius 2 is 1.93 bits per heavy atom. The standard InChI is InChI=1S/C20H30N6O/c1-16-15-19(21-9-6-10-25(2)3)24-20(22-16)23-17-7-4-5-8-18(17)26-11-13-27-14-12-26/h4-5,7-8,15H,6,9-14H2,1-3H3,(H2,21,22,23,24). The van der Waals surface area contributed by atoms with Crippen molar-refractivity contribution in [2.45, 2.75) is 13.3 Å². The van der Waals surface area contributed by atoms with E-state index in [-0.39, 0.29) is 0 Å². The molecular formula is C20H30N6O. The molecule has 3 rings (SSSR count). The van der Waals surface area contributed by atoms with Crippen molar-refractivity contribution >= 4 is 23.1 Å². The van der Waals surface area contributed by atoms with Crippen LogP contribution in [0.5, 0.6) is 0 Å². The Morgan fingerprint density at radius 3 is 2.70 bits per heavy atom. The Hall–Kier alpha value is -2.38. The van der Waals surface area contributed by atoms with Gasteiger partial charge < -0.3 is 25.2 Å². The molecule has 1 aromatic carbocycles. The number of morpholine rings is 1. The number of aryl methyl sites for hydroxylation is 1. The number of aromatic nitrogens is 2. The first-order valence-corrected chi connectivity index (χ1v) is 9.55. The summed E-state index contributed by atoms with van der Waals surface area (Å²) in [6.45, 7) is 7.24. The molecule has 27 heavy (non-hydrogen) atoms. The summed E-state index contributed by atoms with van der Waals surface area (Å²) >= 11 is 0. The number of nitrogens with one attached hydrogen (secondary N) is 2. The number of nitrogens with zero attached hydrogens (tertiary/aromatic N) is 4. The minimum Gasteiger partial charge on any atom is -0.378 e. The molecule has 2 N–H and O–H groups in total. The molecule has 146 valence electrons. The van der Waals surface area contributed by atoms with Gasteiger partial charge in [-0.25, -0.2) is 4.98 Å². The van der Waals surface area contributed by atoms with E-state index in [0.29, 0.717) is 5.95 Å². The maximum atomic E-state index is 5.47. The summed E-state index contributed by atoms with van der Waals surface area (Å²) in [6.07, 6.45) is 1.07. The summed E-state index contributed by atoms with van der Waals surface area (Å²) in [6, 6.07) is 10.3. The van der Waals surface area contributed by atoms with Crippen LogP contribution in [0.15, 0.2) is 30.3 Å². The first-order valence-electron chi connectivity index (χ1n) is 9.55. The molecule has 7 heteroatoms. The predicted molar refractivity (Wildman–Crippen MR) is 111 cm³/mol. The third-order valence-electron chi connectivity index (χ3n) is 4.44. The first kappa shape index (κ1) is 19.4. The second kappa shape index (κ2) is 9.53. The fourth-order valence-electron chi connectivity index (χ4n) is 3.11. The van der Waals surface area contributed by atoms with Crippen LogP contribution in [0.25, 0.3) is 0 Å². The van der Waals surface area contributed by atoms with Crippen molar-refractivity contribution < 1.29 is 4.74 Å². The van der Waals surface area contributed by atoms with Crippen molar-refractivity contribution in [3.8, 4) is 0 Å². The summed E-state index contributed by atoms with van der Waals surface area (Å²) in [7, 11) is 4.17. The topological polar surface area (TPSA) is 65.5 Å². The van der Waals surface area contributed by atoms with Crippen molar-refractivity contribution in [3.63, 3.8) is 0 Å². The highest BCUT2D eigenvalue weighted by atomic mass is 16.5. The molecule has 2 aromatic rings. The number of hydrogen-bond donors (Lipinski definition) is 2. The largest absolute Gasteiger partial charge is 0.378 e. The molecule has 2 heterocycles. The van der Waals surface area contributed by atoms with Gasteiger partial charge in [0.15, 0.2) is 0 Å². The van der Waals surface area contributed by atoms with E-state index in [4.69, 9.17) is 4.74 Å². The molecule has 0 radical (unpaired) electrons. The van der Waals surface area contributed by atoms with Gasteiger partial charge in [-0.05, 0) is 46.1 Å². The zero-order valence-corrected chi connectivity index (χ0v) is 16.5. The molecule has 0 amide bonds. The highest BCUT2D eigenvalue weighted by molar-refractivity contribution is 5.73. The van der Waals surface area contributed by atoms with Crippen LogP contribution in [0.2, 0.25) is 0 Å². The third-order valence-corrected chi connectivity index (χ3v) is 4.44. The lowest BCUT2D eigenvalue weighted by Crippen LogP contribution is -2.36. The number of rotatable bonds is 8. The molecule has 1 aliphatic heterocycles. The van der Waals surface area contributed by atoms with Gasteiger partial charge in [0, 0.05) is 31.4 Å². The van der Waals surface area contributed by atoms with E-state index < -0.39 is 0 Å². The zero-order chi connectivity index (χ0) is 19.1. The van der Waals surface area contributed by atoms with Gasteiger partial charge in [-0.3, -0.25) is 0 Å². The predicted octanol–water partition coefficient (Wildman–Crippen LogP) is 2.73. The lowest BCUT2D eigenvalue weighted by Gasteiger charge is -2.30. The molecule has 0 spiro atoms. The summed E-state index contributed by atoms with van der Waals surface area (Å²) < 4.78 is 5.47. The molecule has 1 saturated heterocycles. The summed E-state index contributed by atoms with van der Waals surface area (Å²) in [5.74, 6) is 1.47. The van der Waals surface area contributed by atoms with Gasteiger partial charge in [0.1, 0.15) is 5.82 Å². The summed E-state index contributed by atoms with van der Waals surface area (Å²) in [4.78, 5) is 13.7. The number of hydrogen-bond acceptors (Lipinski definition) is 7. The minimum atomic E-state index is 0.616. The van der Waals surface area contributed by atoms with Crippen molar-refractivity contribution in [2.24, 2.45) is 0 Å². The molecule has 0 unspecified atom stereocenters. The van der Waals surface area contributed by atoms with Crippen molar-refractivity contribution in [1.82, 2.24) is 14.9 Å². The van der Waals surface area contributed by atoms with Gasteiger partial charge in [0.2, 0.25) is 5.95 Å². The number of para-hydroxylation sites is 2. The average Bonchev–Trinajstić information content (AvgIpc) is 2.66. The normalized spacial score (nSPS) is 14.4. The Bertz CT molecular complexity index is 730. The number of benzene rings is 1. The molecule has 0 aliphatic carbocycles. The Kier molecular flexibility index (Phi) is 6.84. The van der Waals surface area contributed by atoms with Crippen LogP contribution in [0.1, 0.15) is 12.1 Å². The van der Waals surface area contributed by atoms with E-state index in [0.717, 1.165) is 68.7 Å². The lowest BCUT2D eigenvalue weighted by molar-refractivity contribution is 0.123. The van der Waals surface area contributed by atoms with Gasteiger partial charge >= 0.3 is 0 Å². The van der Waals surface area contributed by atoms with Crippen LogP contribution in [-0.4, -0.2) is 68.4 Å². The van der Waals surface area contributed by atoms with E-state index in [1.54, 1.807) is 0 Å². The Morgan fingerprint density at radius 1 is 1.15 bits per heavy atom. The minimum absolute atomic E-state index is 0.616. The summed E-state index contributed by atoms with van der Waals surface area (Å²) in [5, 5.41) is 6.81. The second-order valence-corrected chi connectivity index (χ2v) is 7.04. The van der Waals surface area contributed by atoms with Crippen LogP contribution in [-0.2, 0) is 4.74 Å². The van der Waals surface area contributed by atoms with Gasteiger partial charge in [0.05, 0.1) is 24.6 Å². The molecule has 7 nitrogen and oxygen atoms in total. The SMILES string of the molecule is Cc1cc(NCCCN(C)C)nc(Nc2ccccc2N2CCOCC2)n1. The lowest BCUT2D eigenvalue weighted by atomic mass is 10.2. The fraction of sp³-hybridized carbons (Fsp3) is 0.500. The van der Waals surface area contributed by atoms with Crippen molar-refractivity contribution in [3.05, 3.63) is 36.0 Å². The quantitative estimate of drug-likeness (QED) is 0.693. The maximum absolute atomic E-state index is 5.47. The van der Waals surface area contributed by atoms with Gasteiger partial charge in [-0.1, -0.05) is 12.1 Å². The van der Waals surface area contributed by atoms with Crippen LogP contribution in [0, 0.1) is 6.92 Å². The maximum Gasteiger partial charge on any atom is 0.229 e. The monoisotopic (exact) mass is 370 g/mol. The van der Waals surface area contributed by atoms with E-state index in [1.807, 2.05) is 19.1 Å². The smallest absolute Gasteiger partial charge is 0.229 e. The van der Waals surface area contributed by atoms with Gasteiger partial charge in [-0.2, -0.15) is 4.98 Å². The highest BCUT2D eigenvalue weighted by Gasteiger charge is 2.15. The molecule has 0 bridgehead atoms. The number of ether oxygens (including phenoxy) is 1. The molecule has 1 aromatic heterocycles. The van der Waals surface area contributed by atoms with E-state index in [1.165, 1.54) is 0 Å². The van der Waals surface area contributed by atoms with Crippen LogP contribution < -0.4 is 15.5 Å². The van der Waals surface area contributed by atoms with Crippen molar-refractivity contribution in [1.29, 1.82) is 0 Å². The fourth-order valence-corrected chi connectivity index (χ4v) is 3.11. The zero-order valence-electron chi connectivity index (χ0n) is 16.5. The molecule has 0 saturated carbocycles. The van der Waals surface area contributed by atoms with Crippen LogP contribution in [0.3, 0.4) is 0 Å². The second-order valence-electron chi connectivity index (χ2n) is 7.04. The van der Waals surface area contributed by atoms with Crippen molar-refractivity contribution in [2.75, 3.05) is 69.0 Å². The van der Waals surface area contributed by atoms with Crippen LogP contribution >= 0.6 is 0 Å². The molecule has 1 fully saturated rings. The molecular weight excluding hydrogens is 340 g/mol. The van der Waals surface area contributed by atoms with Gasteiger partial charge in [0.25, 0.3) is 0 Å².